The first-order valence-electron chi connectivity index (χ1n) is 18.4. The lowest BCUT2D eigenvalue weighted by Crippen LogP contribution is -2.49. The molecule has 3 saturated heterocycles. The van der Waals surface area contributed by atoms with Crippen LogP contribution in [-0.2, 0) is 36.9 Å². The van der Waals surface area contributed by atoms with Gasteiger partial charge in [0.05, 0.1) is 44.2 Å². The van der Waals surface area contributed by atoms with Crippen LogP contribution in [0.25, 0.3) is 33.5 Å². The lowest BCUT2D eigenvalue weighted by molar-refractivity contribution is -0.235. The third-order valence-corrected chi connectivity index (χ3v) is 12.3. The highest BCUT2D eigenvalue weighted by Gasteiger charge is 2.58. The number of fused-ring (bicyclic) bond motifs is 3. The van der Waals surface area contributed by atoms with Crippen molar-refractivity contribution in [2.45, 2.75) is 73.6 Å². The van der Waals surface area contributed by atoms with Crippen LogP contribution in [0.4, 0.5) is 17.5 Å². The zero-order valence-corrected chi connectivity index (χ0v) is 33.5. The maximum atomic E-state index is 13.7. The first-order chi connectivity index (χ1) is 30.0. The average Bonchev–Trinajstić information content (AvgIpc) is 4.09. The van der Waals surface area contributed by atoms with Gasteiger partial charge in [0.2, 0.25) is 0 Å². The van der Waals surface area contributed by atoms with E-state index in [-0.39, 0.29) is 50.9 Å². The SMILES string of the molecule is Nc1ncnc2c1ncn2C1OC(C(OP(=O)([O-])O)C2C(O)C(COP(=O)(O)OC3C(O)C(CO)OC3n3cnc4c(N)ncnc43)OC2n2cnc3c(N)ncnc32)C(O)C1O. The first kappa shape index (κ1) is 43.2. The standard InChI is InChI=1S/C30H37N15O16P2/c31-22-12-25(37-3-34-22)43(6-40-12)28-11(19(60-62(51,52)53)20-17(49)18(50)29(59-20)44-7-41-13-23(32)35-4-38-26(13)44)15(47)10(58-28)2-56-63(54,55)61-21-16(48)9(1-46)57-30(21)45-8-42-14-24(33)36-5-39-27(14)45/h3-11,15-21,28-30,46-50H,1-2H2,(H,54,55)(H2,31,34,37)(H2,32,35,38)(H2,33,36,39)(H2,51,52,53)/p-1. The number of rotatable bonds is 13. The number of nitrogens with zero attached hydrogens (tertiary/aromatic N) is 12. The molecule has 6 aromatic heterocycles. The summed E-state index contributed by atoms with van der Waals surface area (Å²) in [6.07, 6.45) is -14.5. The Labute approximate surface area is 349 Å². The quantitative estimate of drug-likeness (QED) is 0.0487. The number of phosphoric acid groups is 2. The summed E-state index contributed by atoms with van der Waals surface area (Å²) in [5, 5.41) is 55.7. The Kier molecular flexibility index (Phi) is 11.1. The third-order valence-electron chi connectivity index (χ3n) is 10.8. The summed E-state index contributed by atoms with van der Waals surface area (Å²) in [7, 11) is -11.2. The summed E-state index contributed by atoms with van der Waals surface area (Å²) in [6.45, 7) is -1.78. The second-order valence-electron chi connectivity index (χ2n) is 14.5. The molecule has 0 aliphatic carbocycles. The highest BCUT2D eigenvalue weighted by atomic mass is 31.2. The van der Waals surface area contributed by atoms with Crippen LogP contribution in [0.3, 0.4) is 0 Å². The van der Waals surface area contributed by atoms with Crippen LogP contribution < -0.4 is 22.1 Å². The highest BCUT2D eigenvalue weighted by molar-refractivity contribution is 7.47. The van der Waals surface area contributed by atoms with Gasteiger partial charge in [-0.15, -0.1) is 0 Å². The van der Waals surface area contributed by atoms with Gasteiger partial charge in [-0.25, -0.2) is 49.4 Å². The molecule has 0 bridgehead atoms. The van der Waals surface area contributed by atoms with E-state index in [0.29, 0.717) is 0 Å². The smallest absolute Gasteiger partial charge is 0.472 e. The van der Waals surface area contributed by atoms with Gasteiger partial charge in [-0.2, -0.15) is 0 Å². The van der Waals surface area contributed by atoms with Crippen molar-refractivity contribution in [2.24, 2.45) is 5.92 Å². The molecular formula is C30H36N15O16P2-. The van der Waals surface area contributed by atoms with E-state index in [4.69, 9.17) is 45.0 Å². The average molecular weight is 925 g/mol. The fourth-order valence-electron chi connectivity index (χ4n) is 7.93. The van der Waals surface area contributed by atoms with E-state index >= 15 is 0 Å². The topological polar surface area (TPSA) is 463 Å². The summed E-state index contributed by atoms with van der Waals surface area (Å²) >= 11 is 0. The van der Waals surface area contributed by atoms with E-state index in [0.717, 1.165) is 36.2 Å². The normalized spacial score (nSPS) is 32.4. The molecule has 0 amide bonds. The Morgan fingerprint density at radius 3 is 1.67 bits per heavy atom. The van der Waals surface area contributed by atoms with Gasteiger partial charge in [0.1, 0.15) is 90.6 Å². The minimum absolute atomic E-state index is 0.0156. The molecule has 63 heavy (non-hydrogen) atoms. The second-order valence-corrected chi connectivity index (χ2v) is 17.0. The highest BCUT2D eigenvalue weighted by Crippen LogP contribution is 2.52. The van der Waals surface area contributed by atoms with E-state index in [9.17, 15) is 49.3 Å². The van der Waals surface area contributed by atoms with Crippen molar-refractivity contribution in [3.05, 3.63) is 38.0 Å². The Balaban J connectivity index is 1.03. The van der Waals surface area contributed by atoms with E-state index < -0.39 is 108 Å². The maximum Gasteiger partial charge on any atom is 0.472 e. The molecular weight excluding hydrogens is 888 g/mol. The number of hydrogen-bond donors (Lipinski definition) is 10. The van der Waals surface area contributed by atoms with E-state index in [1.807, 2.05) is 0 Å². The van der Waals surface area contributed by atoms with Crippen LogP contribution in [0, 0.1) is 5.92 Å². The lowest BCUT2D eigenvalue weighted by Gasteiger charge is -2.36. The molecule has 3 aliphatic heterocycles. The van der Waals surface area contributed by atoms with Crippen LogP contribution in [0.5, 0.6) is 0 Å². The molecule has 0 radical (unpaired) electrons. The number of nitrogen functional groups attached to an aromatic ring is 3. The van der Waals surface area contributed by atoms with Crippen molar-refractivity contribution in [3.63, 3.8) is 0 Å². The Hall–Kier alpha value is -5.05. The van der Waals surface area contributed by atoms with Gasteiger partial charge in [-0.05, 0) is 0 Å². The molecule has 31 nitrogen and oxygen atoms in total. The van der Waals surface area contributed by atoms with Gasteiger partial charge in [0, 0.05) is 0 Å². The molecule has 3 fully saturated rings. The number of anilines is 3. The monoisotopic (exact) mass is 924 g/mol. The van der Waals surface area contributed by atoms with Gasteiger partial charge in [-0.1, -0.05) is 0 Å². The second kappa shape index (κ2) is 16.2. The predicted octanol–water partition coefficient (Wildman–Crippen LogP) is -4.65. The van der Waals surface area contributed by atoms with Crippen LogP contribution in [0.15, 0.2) is 38.0 Å². The fourth-order valence-corrected chi connectivity index (χ4v) is 9.43. The number of phosphoric ester groups is 2. The van der Waals surface area contributed by atoms with Crippen LogP contribution >= 0.6 is 15.6 Å². The molecule has 0 spiro atoms. The van der Waals surface area contributed by atoms with E-state index in [2.05, 4.69) is 44.9 Å². The molecule has 9 rings (SSSR count). The molecule has 13 N–H and O–H groups in total. The zero-order valence-electron chi connectivity index (χ0n) is 31.7. The van der Waals surface area contributed by atoms with Crippen molar-refractivity contribution >= 4 is 66.6 Å². The zero-order chi connectivity index (χ0) is 44.7. The maximum absolute atomic E-state index is 13.7. The van der Waals surface area contributed by atoms with Gasteiger partial charge in [0.25, 0.3) is 7.82 Å². The van der Waals surface area contributed by atoms with Crippen molar-refractivity contribution in [2.75, 3.05) is 30.4 Å². The predicted molar refractivity (Wildman–Crippen MR) is 201 cm³/mol. The number of aliphatic hydroxyl groups is 5. The summed E-state index contributed by atoms with van der Waals surface area (Å²) in [4.78, 5) is 70.1. The van der Waals surface area contributed by atoms with E-state index in [1.165, 1.54) is 15.5 Å². The van der Waals surface area contributed by atoms with Crippen LogP contribution in [0.2, 0.25) is 0 Å². The number of hydrogen-bond acceptors (Lipinski definition) is 26. The molecule has 338 valence electrons. The minimum atomic E-state index is -5.85. The molecule has 3 aliphatic rings. The van der Waals surface area contributed by atoms with Crippen molar-refractivity contribution in [3.8, 4) is 0 Å². The summed E-state index contributed by atoms with van der Waals surface area (Å²) < 4.78 is 63.5. The third kappa shape index (κ3) is 7.65. The summed E-state index contributed by atoms with van der Waals surface area (Å²) in [5.74, 6) is -1.94. The largest absolute Gasteiger partial charge is 0.756 e. The molecule has 6 aromatic rings. The number of aliphatic hydroxyl groups excluding tert-OH is 5. The molecule has 0 aromatic carbocycles. The molecule has 9 heterocycles. The minimum Gasteiger partial charge on any atom is -0.756 e. The Bertz CT molecular complexity index is 2760. The van der Waals surface area contributed by atoms with Crippen LogP contribution in [0.1, 0.15) is 18.7 Å². The van der Waals surface area contributed by atoms with E-state index in [1.54, 1.807) is 0 Å². The molecule has 15 unspecified atom stereocenters. The van der Waals surface area contributed by atoms with Gasteiger partial charge in [-0.3, -0.25) is 27.3 Å². The van der Waals surface area contributed by atoms with Crippen molar-refractivity contribution < 1.29 is 77.1 Å². The van der Waals surface area contributed by atoms with Crippen molar-refractivity contribution in [1.82, 2.24) is 58.6 Å². The van der Waals surface area contributed by atoms with Gasteiger partial charge >= 0.3 is 7.82 Å². The lowest BCUT2D eigenvalue weighted by atomic mass is 9.88. The fraction of sp³-hybridized carbons (Fsp3) is 0.500. The molecule has 15 atom stereocenters. The first-order valence-corrected chi connectivity index (χ1v) is 21.4. The molecule has 33 heteroatoms. The van der Waals surface area contributed by atoms with Crippen molar-refractivity contribution in [1.29, 1.82) is 0 Å². The van der Waals surface area contributed by atoms with Gasteiger partial charge < -0.3 is 76.1 Å². The number of ether oxygens (including phenoxy) is 3. The Morgan fingerprint density at radius 2 is 1.16 bits per heavy atom. The number of nitrogens with two attached hydrogens (primary N) is 3. The number of aromatic nitrogens is 12. The van der Waals surface area contributed by atoms with Crippen LogP contribution in [-0.4, -0.2) is 162 Å². The summed E-state index contributed by atoms with van der Waals surface area (Å²) in [5.41, 5.74) is 18.1. The summed E-state index contributed by atoms with van der Waals surface area (Å²) in [6, 6.07) is 0. The number of imidazole rings is 3. The Morgan fingerprint density at radius 1 is 0.667 bits per heavy atom. The van der Waals surface area contributed by atoms with Gasteiger partial charge in [0.15, 0.2) is 46.9 Å². The molecule has 0 saturated carbocycles.